The number of cyclic esters (lactones) is 2. The highest BCUT2D eigenvalue weighted by atomic mass is 32.3. The molecule has 2 rings (SSSR count). The van der Waals surface area contributed by atoms with Crippen molar-refractivity contribution in [2.75, 3.05) is 24.7 Å². The van der Waals surface area contributed by atoms with Crippen LogP contribution in [0.15, 0.2) is 0 Å². The number of esters is 2. The van der Waals surface area contributed by atoms with Crippen LogP contribution >= 0.6 is 0 Å². The smallest absolute Gasteiger partial charge is 0.312 e. The Morgan fingerprint density at radius 3 is 2.15 bits per heavy atom. The maximum atomic E-state index is 12.3. The minimum atomic E-state index is -1.31. The highest BCUT2D eigenvalue weighted by Crippen LogP contribution is 2.27. The number of carbonyl (C=O) groups is 2. The van der Waals surface area contributed by atoms with Crippen LogP contribution < -0.4 is 0 Å². The number of hydrogen-bond acceptors (Lipinski definition) is 6. The molecule has 0 aliphatic carbocycles. The van der Waals surface area contributed by atoms with Crippen molar-refractivity contribution in [2.24, 2.45) is 11.8 Å². The Labute approximate surface area is 123 Å². The van der Waals surface area contributed by atoms with Gasteiger partial charge in [-0.25, -0.2) is 0 Å². The number of carbonyl (C=O) groups excluding carboxylic acids is 2. The first kappa shape index (κ1) is 15.9. The molecule has 0 spiro atoms. The molecule has 2 aliphatic heterocycles. The zero-order valence-corrected chi connectivity index (χ0v) is 12.9. The largest absolute Gasteiger partial charge is 0.612 e. The van der Waals surface area contributed by atoms with Crippen LogP contribution in [0.3, 0.4) is 0 Å². The molecule has 0 aromatic carbocycles. The summed E-state index contributed by atoms with van der Waals surface area (Å²) in [6.45, 7) is 2.47. The van der Waals surface area contributed by atoms with E-state index in [-0.39, 0.29) is 23.8 Å². The van der Waals surface area contributed by atoms with Crippen LogP contribution in [0.4, 0.5) is 0 Å². The van der Waals surface area contributed by atoms with Gasteiger partial charge in [0, 0.05) is 28.8 Å². The summed E-state index contributed by atoms with van der Waals surface area (Å²) in [6, 6.07) is 0. The second-order valence-corrected chi connectivity index (χ2v) is 8.81. The number of ether oxygens (including phenoxy) is 2. The van der Waals surface area contributed by atoms with E-state index in [4.69, 9.17) is 0 Å². The van der Waals surface area contributed by atoms with Crippen molar-refractivity contribution in [2.45, 2.75) is 24.3 Å². The molecule has 0 radical (unpaired) electrons. The molecule has 2 saturated heterocycles. The highest BCUT2D eigenvalue weighted by molar-refractivity contribution is 8.09. The fraction of sp³-hybridized carbons (Fsp3) is 0.833. The molecule has 0 aromatic heterocycles. The van der Waals surface area contributed by atoms with E-state index in [1.165, 1.54) is 0 Å². The summed E-state index contributed by atoms with van der Waals surface area (Å²) in [6.07, 6.45) is 0.818. The van der Waals surface area contributed by atoms with Gasteiger partial charge in [0.05, 0.1) is 12.3 Å². The lowest BCUT2D eigenvalue weighted by Crippen LogP contribution is -2.43. The van der Waals surface area contributed by atoms with E-state index in [1.54, 1.807) is 6.92 Å². The quantitative estimate of drug-likeness (QED) is 0.459. The van der Waals surface area contributed by atoms with Gasteiger partial charge in [0.25, 0.3) is 4.58 Å². The summed E-state index contributed by atoms with van der Waals surface area (Å²) in [5.41, 5.74) is 0. The van der Waals surface area contributed by atoms with E-state index < -0.39 is 26.9 Å². The maximum absolute atomic E-state index is 12.3. The van der Waals surface area contributed by atoms with Gasteiger partial charge in [-0.1, -0.05) is 0 Å². The van der Waals surface area contributed by atoms with Crippen LogP contribution in [0, 0.1) is 11.8 Å². The first-order valence-electron chi connectivity index (χ1n) is 6.60. The fourth-order valence-electron chi connectivity index (χ4n) is 2.05. The molecule has 8 heteroatoms. The molecule has 5 atom stereocenters. The Morgan fingerprint density at radius 1 is 1.15 bits per heavy atom. The van der Waals surface area contributed by atoms with Crippen molar-refractivity contribution in [3.63, 3.8) is 0 Å². The van der Waals surface area contributed by atoms with Crippen molar-refractivity contribution in [1.29, 1.82) is 0 Å². The zero-order valence-electron chi connectivity index (χ0n) is 11.2. The average Bonchev–Trinajstić information content (AvgIpc) is 2.43. The number of hydrogen-bond donors (Lipinski definition) is 0. The lowest BCUT2D eigenvalue weighted by Gasteiger charge is -2.31. The van der Waals surface area contributed by atoms with Crippen LogP contribution in [-0.2, 0) is 41.4 Å². The minimum absolute atomic E-state index is 0.177. The molecule has 114 valence electrons. The molecule has 0 aromatic rings. The second kappa shape index (κ2) is 7.02. The summed E-state index contributed by atoms with van der Waals surface area (Å²) in [5.74, 6) is -0.293. The molecule has 6 nitrogen and oxygen atoms in total. The summed E-state index contributed by atoms with van der Waals surface area (Å²) < 4.78 is 33.1. The Balaban J connectivity index is 1.84. The van der Waals surface area contributed by atoms with E-state index in [9.17, 15) is 18.7 Å². The predicted molar refractivity (Wildman–Crippen MR) is 73.6 cm³/mol. The van der Waals surface area contributed by atoms with Gasteiger partial charge in [0.15, 0.2) is 0 Å². The van der Waals surface area contributed by atoms with Crippen molar-refractivity contribution < 1.29 is 28.2 Å². The van der Waals surface area contributed by atoms with Gasteiger partial charge in [-0.15, -0.1) is 0 Å². The molecule has 0 N–H and O–H groups in total. The predicted octanol–water partition coefficient (Wildman–Crippen LogP) is -0.0440. The number of rotatable bonds is 8. The van der Waals surface area contributed by atoms with Crippen LogP contribution in [-0.4, -0.2) is 50.3 Å². The molecular formula is C12H18O6S2. The van der Waals surface area contributed by atoms with Crippen molar-refractivity contribution in [1.82, 2.24) is 0 Å². The average molecular weight is 322 g/mol. The summed E-state index contributed by atoms with van der Waals surface area (Å²) in [4.78, 5) is 22.2. The lowest BCUT2D eigenvalue weighted by atomic mass is 10.0. The molecule has 2 fully saturated rings. The van der Waals surface area contributed by atoms with Gasteiger partial charge in [0.2, 0.25) is 0 Å². The van der Waals surface area contributed by atoms with Gasteiger partial charge >= 0.3 is 11.9 Å². The normalized spacial score (nSPS) is 29.6. The summed E-state index contributed by atoms with van der Waals surface area (Å²) in [5, 5.41) is 0. The minimum Gasteiger partial charge on any atom is -0.612 e. The van der Waals surface area contributed by atoms with Gasteiger partial charge in [0.1, 0.15) is 30.6 Å². The van der Waals surface area contributed by atoms with Gasteiger partial charge in [-0.3, -0.25) is 9.59 Å². The molecule has 0 bridgehead atoms. The van der Waals surface area contributed by atoms with Gasteiger partial charge < -0.3 is 18.6 Å². The monoisotopic (exact) mass is 322 g/mol. The van der Waals surface area contributed by atoms with Crippen LogP contribution in [0.25, 0.3) is 0 Å². The van der Waals surface area contributed by atoms with Gasteiger partial charge in [-0.2, -0.15) is 0 Å². The van der Waals surface area contributed by atoms with Crippen molar-refractivity contribution in [3.05, 3.63) is 0 Å². The highest BCUT2D eigenvalue weighted by Gasteiger charge is 2.43. The summed E-state index contributed by atoms with van der Waals surface area (Å²) >= 11 is -2.54. The molecule has 0 amide bonds. The van der Waals surface area contributed by atoms with Crippen molar-refractivity contribution in [3.8, 4) is 0 Å². The molecule has 2 heterocycles. The first-order valence-corrected chi connectivity index (χ1v) is 9.37. The first-order chi connectivity index (χ1) is 9.52. The maximum Gasteiger partial charge on any atom is 0.312 e. The molecule has 2 aliphatic rings. The third kappa shape index (κ3) is 3.60. The van der Waals surface area contributed by atoms with E-state index in [1.807, 2.05) is 0 Å². The Morgan fingerprint density at radius 2 is 1.75 bits per heavy atom. The Bertz CT molecular complexity index is 377. The Hall–Kier alpha value is -0.440. The van der Waals surface area contributed by atoms with E-state index in [0.717, 1.165) is 0 Å². The van der Waals surface area contributed by atoms with Crippen LogP contribution in [0.1, 0.15) is 19.8 Å². The van der Waals surface area contributed by atoms with Crippen LogP contribution in [0.2, 0.25) is 0 Å². The molecule has 0 saturated carbocycles. The van der Waals surface area contributed by atoms with E-state index in [2.05, 4.69) is 9.47 Å². The van der Waals surface area contributed by atoms with E-state index >= 15 is 0 Å². The third-order valence-corrected chi connectivity index (χ3v) is 7.59. The van der Waals surface area contributed by atoms with Gasteiger partial charge in [-0.05, 0) is 6.92 Å². The molecule has 5 unspecified atom stereocenters. The lowest BCUT2D eigenvalue weighted by molar-refractivity contribution is -0.169. The summed E-state index contributed by atoms with van der Waals surface area (Å²) in [7, 11) is 0. The van der Waals surface area contributed by atoms with Crippen molar-refractivity contribution >= 4 is 34.3 Å². The van der Waals surface area contributed by atoms with Crippen LogP contribution in [0.5, 0.6) is 0 Å². The Kier molecular flexibility index (Phi) is 5.59. The molecular weight excluding hydrogens is 304 g/mol. The standard InChI is InChI=1S/C12H18O6S2/c1-2-19(15)10(5-9-7-18-12(9)14)20(16)4-3-8-6-17-11(8)13/h8-10H,2-7H2,1H3. The SMILES string of the molecule is CC[S+]([O-])C(CC1COC1=O)[S+]([O-])CCC1COC1=O. The molecule has 20 heavy (non-hydrogen) atoms. The van der Waals surface area contributed by atoms with E-state index in [0.29, 0.717) is 37.6 Å². The second-order valence-electron chi connectivity index (χ2n) is 4.86. The zero-order chi connectivity index (χ0) is 14.7. The third-order valence-electron chi connectivity index (χ3n) is 3.54. The topological polar surface area (TPSA) is 98.7 Å². The fourth-order valence-corrected chi connectivity index (χ4v) is 5.75.